The molecule has 92 valence electrons. The Bertz CT molecular complexity index is 298. The summed E-state index contributed by atoms with van der Waals surface area (Å²) in [5, 5.41) is 0. The number of alkyl halides is 1. The average Bonchev–Trinajstić information content (AvgIpc) is 2.61. The van der Waals surface area contributed by atoms with Crippen LogP contribution in [0.3, 0.4) is 0 Å². The average molecular weight is 244 g/mol. The molecule has 0 saturated carbocycles. The van der Waals surface area contributed by atoms with Gasteiger partial charge in [0.1, 0.15) is 11.5 Å². The van der Waals surface area contributed by atoms with Gasteiger partial charge in [0.2, 0.25) is 0 Å². The van der Waals surface area contributed by atoms with E-state index in [1.807, 2.05) is 19.1 Å². The molecule has 1 rings (SSSR count). The zero-order valence-electron chi connectivity index (χ0n) is 10.5. The minimum atomic E-state index is 0.707. The Morgan fingerprint density at radius 3 is 2.69 bits per heavy atom. The Balaban J connectivity index is 2.23. The number of aryl methyl sites for hydroxylation is 1. The van der Waals surface area contributed by atoms with E-state index in [0.29, 0.717) is 5.92 Å². The lowest BCUT2D eigenvalue weighted by Gasteiger charge is -2.17. The van der Waals surface area contributed by atoms with Crippen molar-refractivity contribution in [2.45, 2.75) is 33.2 Å². The third kappa shape index (κ3) is 5.04. The van der Waals surface area contributed by atoms with Gasteiger partial charge >= 0.3 is 0 Å². The minimum Gasteiger partial charge on any atom is -0.465 e. The van der Waals surface area contributed by atoms with E-state index in [9.17, 15) is 0 Å². The second-order valence-corrected chi connectivity index (χ2v) is 5.00. The van der Waals surface area contributed by atoms with Gasteiger partial charge in [-0.2, -0.15) is 0 Å². The molecule has 0 aliphatic heterocycles. The lowest BCUT2D eigenvalue weighted by atomic mass is 10.1. The van der Waals surface area contributed by atoms with Crippen LogP contribution in [0.1, 0.15) is 31.3 Å². The zero-order valence-corrected chi connectivity index (χ0v) is 11.3. The summed E-state index contributed by atoms with van der Waals surface area (Å²) in [5.41, 5.74) is 0. The second-order valence-electron chi connectivity index (χ2n) is 4.62. The van der Waals surface area contributed by atoms with Crippen LogP contribution in [-0.4, -0.2) is 24.4 Å². The molecular formula is C13H22ClNO. The maximum Gasteiger partial charge on any atom is 0.118 e. The van der Waals surface area contributed by atoms with Gasteiger partial charge in [0.25, 0.3) is 0 Å². The molecule has 0 N–H and O–H groups in total. The number of nitrogens with zero attached hydrogens (tertiary/aromatic N) is 1. The molecule has 0 aromatic carbocycles. The maximum atomic E-state index is 5.72. The molecule has 1 aromatic rings. The van der Waals surface area contributed by atoms with E-state index in [0.717, 1.165) is 36.9 Å². The van der Waals surface area contributed by atoms with Crippen molar-refractivity contribution in [3.05, 3.63) is 23.7 Å². The minimum absolute atomic E-state index is 0.707. The molecular weight excluding hydrogens is 222 g/mol. The molecule has 0 amide bonds. The molecule has 0 fully saturated rings. The summed E-state index contributed by atoms with van der Waals surface area (Å²) in [6.45, 7) is 6.22. The van der Waals surface area contributed by atoms with Crippen LogP contribution in [-0.2, 0) is 6.54 Å². The molecule has 1 heterocycles. The highest BCUT2D eigenvalue weighted by atomic mass is 35.5. The van der Waals surface area contributed by atoms with Crippen molar-refractivity contribution in [3.8, 4) is 0 Å². The number of hydrogen-bond acceptors (Lipinski definition) is 2. The number of halogens is 1. The molecule has 0 spiro atoms. The Morgan fingerprint density at radius 2 is 2.12 bits per heavy atom. The Labute approximate surface area is 104 Å². The lowest BCUT2D eigenvalue weighted by Crippen LogP contribution is -2.20. The molecule has 1 unspecified atom stereocenters. The van der Waals surface area contributed by atoms with E-state index in [4.69, 9.17) is 16.0 Å². The van der Waals surface area contributed by atoms with Crippen molar-refractivity contribution < 1.29 is 4.42 Å². The van der Waals surface area contributed by atoms with Gasteiger partial charge in [-0.1, -0.05) is 6.92 Å². The molecule has 1 atom stereocenters. The van der Waals surface area contributed by atoms with Crippen LogP contribution in [0, 0.1) is 12.8 Å². The first-order valence-electron chi connectivity index (χ1n) is 5.91. The van der Waals surface area contributed by atoms with E-state index < -0.39 is 0 Å². The SMILES string of the molecule is Cc1ccc(CN(C)CCC(C)CCCl)o1. The van der Waals surface area contributed by atoms with E-state index >= 15 is 0 Å². The van der Waals surface area contributed by atoms with Crippen molar-refractivity contribution in [3.63, 3.8) is 0 Å². The first-order valence-corrected chi connectivity index (χ1v) is 6.45. The first kappa shape index (κ1) is 13.6. The molecule has 3 heteroatoms. The normalized spacial score (nSPS) is 13.3. The van der Waals surface area contributed by atoms with Crippen LogP contribution >= 0.6 is 11.6 Å². The van der Waals surface area contributed by atoms with Gasteiger partial charge in [0.05, 0.1) is 6.54 Å². The number of furan rings is 1. The molecule has 0 radical (unpaired) electrons. The van der Waals surface area contributed by atoms with Gasteiger partial charge in [0, 0.05) is 5.88 Å². The standard InChI is InChI=1S/C13H22ClNO/c1-11(6-8-14)7-9-15(3)10-13-5-4-12(2)16-13/h4-5,11H,6-10H2,1-3H3. The number of hydrogen-bond donors (Lipinski definition) is 0. The second kappa shape index (κ2) is 6.97. The van der Waals surface area contributed by atoms with E-state index in [1.165, 1.54) is 6.42 Å². The molecule has 2 nitrogen and oxygen atoms in total. The van der Waals surface area contributed by atoms with E-state index in [2.05, 4.69) is 18.9 Å². The van der Waals surface area contributed by atoms with Crippen LogP contribution in [0.15, 0.2) is 16.5 Å². The van der Waals surface area contributed by atoms with Crippen LogP contribution in [0.4, 0.5) is 0 Å². The fourth-order valence-corrected chi connectivity index (χ4v) is 2.06. The quantitative estimate of drug-likeness (QED) is 0.680. The molecule has 1 aromatic heterocycles. The lowest BCUT2D eigenvalue weighted by molar-refractivity contribution is 0.271. The summed E-state index contributed by atoms with van der Waals surface area (Å²) >= 11 is 5.72. The third-order valence-electron chi connectivity index (χ3n) is 2.83. The van der Waals surface area contributed by atoms with Crippen molar-refractivity contribution >= 4 is 11.6 Å². The molecule has 0 aliphatic carbocycles. The van der Waals surface area contributed by atoms with E-state index in [-0.39, 0.29) is 0 Å². The molecule has 0 bridgehead atoms. The monoisotopic (exact) mass is 243 g/mol. The molecule has 0 saturated heterocycles. The third-order valence-corrected chi connectivity index (χ3v) is 3.05. The van der Waals surface area contributed by atoms with Crippen molar-refractivity contribution in [2.24, 2.45) is 5.92 Å². The largest absolute Gasteiger partial charge is 0.465 e. The van der Waals surface area contributed by atoms with Crippen LogP contribution in [0.5, 0.6) is 0 Å². The van der Waals surface area contributed by atoms with Crippen molar-refractivity contribution in [1.29, 1.82) is 0 Å². The summed E-state index contributed by atoms with van der Waals surface area (Å²) in [7, 11) is 2.13. The Morgan fingerprint density at radius 1 is 1.38 bits per heavy atom. The Hall–Kier alpha value is -0.470. The summed E-state index contributed by atoms with van der Waals surface area (Å²) in [5.74, 6) is 3.50. The van der Waals surface area contributed by atoms with Crippen LogP contribution in [0.2, 0.25) is 0 Å². The van der Waals surface area contributed by atoms with E-state index in [1.54, 1.807) is 0 Å². The zero-order chi connectivity index (χ0) is 12.0. The molecule has 0 aliphatic rings. The molecule has 16 heavy (non-hydrogen) atoms. The Kier molecular flexibility index (Phi) is 5.93. The summed E-state index contributed by atoms with van der Waals surface area (Å²) < 4.78 is 5.55. The van der Waals surface area contributed by atoms with Gasteiger partial charge in [-0.25, -0.2) is 0 Å². The van der Waals surface area contributed by atoms with Gasteiger partial charge in [-0.15, -0.1) is 11.6 Å². The maximum absolute atomic E-state index is 5.72. The van der Waals surface area contributed by atoms with Crippen LogP contribution in [0.25, 0.3) is 0 Å². The summed E-state index contributed by atoms with van der Waals surface area (Å²) in [6.07, 6.45) is 2.30. The predicted molar refractivity (Wildman–Crippen MR) is 68.9 cm³/mol. The highest BCUT2D eigenvalue weighted by molar-refractivity contribution is 6.17. The fraction of sp³-hybridized carbons (Fsp3) is 0.692. The fourth-order valence-electron chi connectivity index (χ4n) is 1.69. The smallest absolute Gasteiger partial charge is 0.118 e. The summed E-state index contributed by atoms with van der Waals surface area (Å²) in [6, 6.07) is 4.06. The summed E-state index contributed by atoms with van der Waals surface area (Å²) in [4.78, 5) is 2.29. The predicted octanol–water partition coefficient (Wildman–Crippen LogP) is 3.67. The van der Waals surface area contributed by atoms with Gasteiger partial charge < -0.3 is 4.42 Å². The first-order chi connectivity index (χ1) is 7.61. The highest BCUT2D eigenvalue weighted by Crippen LogP contribution is 2.12. The van der Waals surface area contributed by atoms with Gasteiger partial charge in [0.15, 0.2) is 0 Å². The number of rotatable bonds is 7. The van der Waals surface area contributed by atoms with Crippen molar-refractivity contribution in [1.82, 2.24) is 4.90 Å². The van der Waals surface area contributed by atoms with Gasteiger partial charge in [-0.05, 0) is 51.4 Å². The van der Waals surface area contributed by atoms with Gasteiger partial charge in [-0.3, -0.25) is 4.90 Å². The highest BCUT2D eigenvalue weighted by Gasteiger charge is 2.06. The van der Waals surface area contributed by atoms with Crippen LogP contribution < -0.4 is 0 Å². The topological polar surface area (TPSA) is 16.4 Å². The van der Waals surface area contributed by atoms with Crippen molar-refractivity contribution in [2.75, 3.05) is 19.5 Å².